The topological polar surface area (TPSA) is 66.5 Å². The number of benzene rings is 2. The lowest BCUT2D eigenvalue weighted by Gasteiger charge is -2.34. The van der Waals surface area contributed by atoms with Gasteiger partial charge in [0, 0.05) is 53.7 Å². The summed E-state index contributed by atoms with van der Waals surface area (Å²) in [5.74, 6) is 0.607. The summed E-state index contributed by atoms with van der Waals surface area (Å²) in [6, 6.07) is 15.7. The Morgan fingerprint density at radius 2 is 1.84 bits per heavy atom. The van der Waals surface area contributed by atoms with E-state index in [0.29, 0.717) is 11.6 Å². The third kappa shape index (κ3) is 5.62. The second-order valence-corrected chi connectivity index (χ2v) is 8.70. The molecule has 0 bridgehead atoms. The largest absolute Gasteiger partial charge is 0.497 e. The highest BCUT2D eigenvalue weighted by molar-refractivity contribution is 7.09. The molecule has 0 atom stereocenters. The lowest BCUT2D eigenvalue weighted by atomic mass is 10.0. The van der Waals surface area contributed by atoms with Crippen LogP contribution in [0.4, 0.5) is 11.4 Å². The molecular weight excluding hydrogens is 408 g/mol. The van der Waals surface area contributed by atoms with Gasteiger partial charge >= 0.3 is 0 Å². The van der Waals surface area contributed by atoms with E-state index in [-0.39, 0.29) is 5.91 Å². The van der Waals surface area contributed by atoms with Gasteiger partial charge in [-0.05, 0) is 68.3 Å². The molecule has 1 aliphatic heterocycles. The van der Waals surface area contributed by atoms with Crippen molar-refractivity contribution in [3.63, 3.8) is 0 Å². The molecule has 1 fully saturated rings. The average molecular weight is 437 g/mol. The third-order valence-electron chi connectivity index (χ3n) is 5.55. The number of methoxy groups -OCH3 is 1. The van der Waals surface area contributed by atoms with Gasteiger partial charge in [-0.25, -0.2) is 4.98 Å². The Morgan fingerprint density at radius 1 is 1.13 bits per heavy atom. The van der Waals surface area contributed by atoms with Crippen molar-refractivity contribution in [3.8, 4) is 5.75 Å². The summed E-state index contributed by atoms with van der Waals surface area (Å²) in [5.41, 5.74) is 3.68. The molecule has 0 unspecified atom stereocenters. The molecule has 0 saturated carbocycles. The smallest absolute Gasteiger partial charge is 0.255 e. The summed E-state index contributed by atoms with van der Waals surface area (Å²) in [7, 11) is 1.61. The Labute approximate surface area is 187 Å². The van der Waals surface area contributed by atoms with E-state index in [9.17, 15) is 4.79 Å². The number of hydrogen-bond acceptors (Lipinski definition) is 6. The highest BCUT2D eigenvalue weighted by Gasteiger charge is 2.19. The van der Waals surface area contributed by atoms with Crippen molar-refractivity contribution in [3.05, 3.63) is 70.2 Å². The van der Waals surface area contributed by atoms with E-state index >= 15 is 0 Å². The van der Waals surface area contributed by atoms with Crippen molar-refractivity contribution >= 4 is 28.6 Å². The molecule has 0 radical (unpaired) electrons. The van der Waals surface area contributed by atoms with E-state index in [1.54, 1.807) is 42.7 Å². The molecule has 1 aromatic heterocycles. The predicted octanol–water partition coefficient (Wildman–Crippen LogP) is 4.47. The van der Waals surface area contributed by atoms with E-state index < -0.39 is 0 Å². The van der Waals surface area contributed by atoms with Crippen LogP contribution in [0.2, 0.25) is 0 Å². The fourth-order valence-corrected chi connectivity index (χ4v) is 4.48. The van der Waals surface area contributed by atoms with Crippen LogP contribution in [0.5, 0.6) is 5.75 Å². The maximum atomic E-state index is 12.4. The summed E-state index contributed by atoms with van der Waals surface area (Å²) in [6.07, 6.45) is 2.22. The van der Waals surface area contributed by atoms with Gasteiger partial charge in [-0.2, -0.15) is 0 Å². The van der Waals surface area contributed by atoms with Gasteiger partial charge < -0.3 is 20.3 Å². The number of nitrogens with one attached hydrogen (secondary N) is 2. The first-order chi connectivity index (χ1) is 15.1. The van der Waals surface area contributed by atoms with Gasteiger partial charge in [-0.3, -0.25) is 4.79 Å². The van der Waals surface area contributed by atoms with Gasteiger partial charge in [0.2, 0.25) is 0 Å². The molecule has 1 amide bonds. The van der Waals surface area contributed by atoms with E-state index in [1.807, 2.05) is 19.1 Å². The summed E-state index contributed by atoms with van der Waals surface area (Å²) < 4.78 is 5.14. The second kappa shape index (κ2) is 9.94. The van der Waals surface area contributed by atoms with Crippen LogP contribution < -0.4 is 20.3 Å². The Hall–Kier alpha value is -2.90. The second-order valence-electron chi connectivity index (χ2n) is 7.75. The van der Waals surface area contributed by atoms with Crippen LogP contribution >= 0.6 is 11.3 Å². The van der Waals surface area contributed by atoms with Crippen LogP contribution in [0, 0.1) is 6.92 Å². The summed E-state index contributed by atoms with van der Waals surface area (Å²) in [5, 5.41) is 9.86. The van der Waals surface area contributed by atoms with E-state index in [2.05, 4.69) is 38.0 Å². The quantitative estimate of drug-likeness (QED) is 0.572. The van der Waals surface area contributed by atoms with Crippen LogP contribution in [0.25, 0.3) is 0 Å². The SMILES string of the molecule is COc1ccc(C(=O)Nc2ccc(N3CCC(NCc4nc(C)cs4)CC3)cc2)cc1. The van der Waals surface area contributed by atoms with Crippen molar-refractivity contribution in [2.75, 3.05) is 30.4 Å². The molecule has 6 nitrogen and oxygen atoms in total. The van der Waals surface area contributed by atoms with E-state index in [0.717, 1.165) is 54.6 Å². The molecule has 0 aliphatic carbocycles. The fourth-order valence-electron chi connectivity index (χ4n) is 3.76. The molecule has 31 heavy (non-hydrogen) atoms. The first-order valence-electron chi connectivity index (χ1n) is 10.6. The zero-order valence-electron chi connectivity index (χ0n) is 17.9. The van der Waals surface area contributed by atoms with Gasteiger partial charge in [-0.1, -0.05) is 0 Å². The van der Waals surface area contributed by atoms with E-state index in [1.165, 1.54) is 5.69 Å². The van der Waals surface area contributed by atoms with E-state index in [4.69, 9.17) is 4.74 Å². The summed E-state index contributed by atoms with van der Waals surface area (Å²) >= 11 is 1.72. The van der Waals surface area contributed by atoms with Crippen molar-refractivity contribution in [1.29, 1.82) is 0 Å². The van der Waals surface area contributed by atoms with Crippen molar-refractivity contribution in [2.45, 2.75) is 32.4 Å². The average Bonchev–Trinajstić information content (AvgIpc) is 3.24. The first kappa shape index (κ1) is 21.3. The maximum absolute atomic E-state index is 12.4. The number of carbonyl (C=O) groups is 1. The zero-order chi connectivity index (χ0) is 21.6. The number of piperidine rings is 1. The molecule has 0 spiro atoms. The Morgan fingerprint density at radius 3 is 2.45 bits per heavy atom. The number of aromatic nitrogens is 1. The van der Waals surface area contributed by atoms with Crippen LogP contribution in [0.1, 0.15) is 33.9 Å². The molecule has 1 aliphatic rings. The molecule has 7 heteroatoms. The lowest BCUT2D eigenvalue weighted by molar-refractivity contribution is 0.102. The van der Waals surface area contributed by atoms with Crippen LogP contribution in [-0.2, 0) is 6.54 Å². The number of hydrogen-bond donors (Lipinski definition) is 2. The standard InChI is InChI=1S/C24H28N4O2S/c1-17-16-31-23(26-17)15-25-19-11-13-28(14-12-19)21-7-5-20(6-8-21)27-24(29)18-3-9-22(30-2)10-4-18/h3-10,16,19,25H,11-15H2,1-2H3,(H,27,29). The molecule has 162 valence electrons. The molecule has 3 aromatic rings. The Kier molecular flexibility index (Phi) is 6.84. The Bertz CT molecular complexity index is 993. The fraction of sp³-hybridized carbons (Fsp3) is 0.333. The van der Waals surface area contributed by atoms with Gasteiger partial charge in [-0.15, -0.1) is 11.3 Å². The number of nitrogens with zero attached hydrogens (tertiary/aromatic N) is 2. The number of anilines is 2. The van der Waals surface area contributed by atoms with Crippen LogP contribution in [-0.4, -0.2) is 37.1 Å². The molecule has 4 rings (SSSR count). The van der Waals surface area contributed by atoms with Gasteiger partial charge in [0.15, 0.2) is 0 Å². The maximum Gasteiger partial charge on any atom is 0.255 e. The molecule has 2 aromatic carbocycles. The van der Waals surface area contributed by atoms with Gasteiger partial charge in [0.1, 0.15) is 10.8 Å². The van der Waals surface area contributed by atoms with Crippen molar-refractivity contribution in [2.24, 2.45) is 0 Å². The number of carbonyl (C=O) groups excluding carboxylic acids is 1. The lowest BCUT2D eigenvalue weighted by Crippen LogP contribution is -2.42. The number of amides is 1. The molecular formula is C24H28N4O2S. The number of ether oxygens (including phenoxy) is 1. The highest BCUT2D eigenvalue weighted by atomic mass is 32.1. The molecule has 2 N–H and O–H groups in total. The number of rotatable bonds is 7. The predicted molar refractivity (Wildman–Crippen MR) is 126 cm³/mol. The normalized spacial score (nSPS) is 14.5. The van der Waals surface area contributed by atoms with Crippen LogP contribution in [0.3, 0.4) is 0 Å². The summed E-state index contributed by atoms with van der Waals surface area (Å²) in [6.45, 7) is 4.93. The summed E-state index contributed by atoms with van der Waals surface area (Å²) in [4.78, 5) is 19.4. The molecule has 2 heterocycles. The minimum Gasteiger partial charge on any atom is -0.497 e. The monoisotopic (exact) mass is 436 g/mol. The van der Waals surface area contributed by atoms with Crippen molar-refractivity contribution in [1.82, 2.24) is 10.3 Å². The minimum atomic E-state index is -0.127. The molecule has 1 saturated heterocycles. The number of thiazole rings is 1. The van der Waals surface area contributed by atoms with Gasteiger partial charge in [0.25, 0.3) is 5.91 Å². The third-order valence-corrected chi connectivity index (χ3v) is 6.51. The van der Waals surface area contributed by atoms with Crippen molar-refractivity contribution < 1.29 is 9.53 Å². The zero-order valence-corrected chi connectivity index (χ0v) is 18.7. The van der Waals surface area contributed by atoms with Crippen LogP contribution in [0.15, 0.2) is 53.9 Å². The first-order valence-corrected chi connectivity index (χ1v) is 11.4. The number of aryl methyl sites for hydroxylation is 1. The van der Waals surface area contributed by atoms with Gasteiger partial charge in [0.05, 0.1) is 7.11 Å². The Balaban J connectivity index is 1.26. The highest BCUT2D eigenvalue weighted by Crippen LogP contribution is 2.23. The minimum absolute atomic E-state index is 0.127.